The molecule has 0 aromatic heterocycles. The molecule has 0 heterocycles. The first-order valence-electron chi connectivity index (χ1n) is 3.23. The maximum atomic E-state index is 10.4. The van der Waals surface area contributed by atoms with Crippen LogP contribution in [0.4, 0.5) is 0 Å². The van der Waals surface area contributed by atoms with E-state index in [0.717, 1.165) is 12.2 Å². The van der Waals surface area contributed by atoms with Gasteiger partial charge in [-0.2, -0.15) is 8.42 Å². The molecule has 0 fully saturated rings. The zero-order chi connectivity index (χ0) is 8.91. The first-order chi connectivity index (χ1) is 4.98. The minimum Gasteiger partial charge on any atom is -1.00 e. The Bertz CT molecular complexity index is 197. The molecule has 70 valence electrons. The van der Waals surface area contributed by atoms with Gasteiger partial charge in [0.1, 0.15) is 4.58 Å². The van der Waals surface area contributed by atoms with Crippen LogP contribution in [0.2, 0.25) is 0 Å². The standard InChI is InChI=1S/C5H12O3S3.Na.H/c1-3-4-9-10-5(2)11(6,7)8;;/h5H,3-4H2,1-2H3,(H,6,7,8);;/q;+1;-1. The van der Waals surface area contributed by atoms with E-state index in [1.54, 1.807) is 0 Å². The van der Waals surface area contributed by atoms with Crippen LogP contribution in [0.5, 0.6) is 0 Å². The third-order valence-electron chi connectivity index (χ3n) is 0.910. The fourth-order valence-electron chi connectivity index (χ4n) is 0.277. The van der Waals surface area contributed by atoms with E-state index in [9.17, 15) is 8.42 Å². The molecular weight excluding hydrogens is 227 g/mol. The van der Waals surface area contributed by atoms with Crippen molar-refractivity contribution in [1.29, 1.82) is 0 Å². The summed E-state index contributed by atoms with van der Waals surface area (Å²) in [7, 11) is -1.19. The van der Waals surface area contributed by atoms with E-state index >= 15 is 0 Å². The topological polar surface area (TPSA) is 54.4 Å². The molecule has 0 saturated carbocycles. The molecule has 0 bridgehead atoms. The van der Waals surface area contributed by atoms with Crippen LogP contribution in [0, 0.1) is 0 Å². The quantitative estimate of drug-likeness (QED) is 0.293. The molecule has 1 N–H and O–H groups in total. The molecule has 7 heteroatoms. The Morgan fingerprint density at radius 2 is 2.08 bits per heavy atom. The smallest absolute Gasteiger partial charge is 1.00 e. The van der Waals surface area contributed by atoms with Crippen LogP contribution in [-0.2, 0) is 10.1 Å². The molecule has 0 saturated heterocycles. The predicted molar refractivity (Wildman–Crippen MR) is 52.5 cm³/mol. The minimum absolute atomic E-state index is 0. The van der Waals surface area contributed by atoms with Gasteiger partial charge in [0.25, 0.3) is 10.1 Å². The summed E-state index contributed by atoms with van der Waals surface area (Å²) in [6, 6.07) is 0. The van der Waals surface area contributed by atoms with Crippen molar-refractivity contribution in [3.63, 3.8) is 0 Å². The molecule has 0 aliphatic rings. The zero-order valence-electron chi connectivity index (χ0n) is 8.48. The van der Waals surface area contributed by atoms with Crippen molar-refractivity contribution in [2.24, 2.45) is 0 Å². The fraction of sp³-hybridized carbons (Fsp3) is 1.00. The maximum Gasteiger partial charge on any atom is 1.00 e. The Morgan fingerprint density at radius 1 is 1.58 bits per heavy atom. The van der Waals surface area contributed by atoms with Gasteiger partial charge in [-0.1, -0.05) is 28.5 Å². The normalized spacial score (nSPS) is 13.6. The fourth-order valence-corrected chi connectivity index (χ4v) is 3.89. The van der Waals surface area contributed by atoms with Crippen LogP contribution in [-0.4, -0.2) is 23.3 Å². The van der Waals surface area contributed by atoms with Crippen molar-refractivity contribution in [2.75, 3.05) is 5.75 Å². The Kier molecular flexibility index (Phi) is 10.7. The van der Waals surface area contributed by atoms with Crippen molar-refractivity contribution in [3.8, 4) is 0 Å². The molecule has 0 aromatic carbocycles. The SMILES string of the molecule is CCCSSC(C)S(=O)(=O)O.[H-].[Na+]. The number of rotatable bonds is 5. The van der Waals surface area contributed by atoms with E-state index in [1.165, 1.54) is 28.5 Å². The van der Waals surface area contributed by atoms with E-state index in [1.807, 2.05) is 6.92 Å². The Balaban J connectivity index is -0.000000500. The monoisotopic (exact) mass is 240 g/mol. The average molecular weight is 240 g/mol. The van der Waals surface area contributed by atoms with Gasteiger partial charge in [0, 0.05) is 5.75 Å². The molecule has 3 nitrogen and oxygen atoms in total. The Labute approximate surface area is 105 Å². The van der Waals surface area contributed by atoms with E-state index in [2.05, 4.69) is 0 Å². The molecule has 0 rings (SSSR count). The number of hydrogen-bond donors (Lipinski definition) is 1. The van der Waals surface area contributed by atoms with Gasteiger partial charge < -0.3 is 1.43 Å². The summed E-state index contributed by atoms with van der Waals surface area (Å²) in [5.74, 6) is 0.907. The molecule has 1 unspecified atom stereocenters. The minimum atomic E-state index is -3.84. The average Bonchev–Trinajstić information content (AvgIpc) is 1.86. The molecule has 0 spiro atoms. The van der Waals surface area contributed by atoms with Crippen molar-refractivity contribution in [3.05, 3.63) is 0 Å². The molecular formula is C5H13NaO3S3. The van der Waals surface area contributed by atoms with Crippen LogP contribution in [0.3, 0.4) is 0 Å². The maximum absolute atomic E-state index is 10.4. The van der Waals surface area contributed by atoms with Crippen LogP contribution >= 0.6 is 21.6 Å². The van der Waals surface area contributed by atoms with E-state index in [-0.39, 0.29) is 31.0 Å². The van der Waals surface area contributed by atoms with Gasteiger partial charge in [0.15, 0.2) is 0 Å². The first-order valence-corrected chi connectivity index (χ1v) is 7.11. The van der Waals surface area contributed by atoms with Gasteiger partial charge in [-0.3, -0.25) is 4.55 Å². The Morgan fingerprint density at radius 3 is 2.42 bits per heavy atom. The predicted octanol–water partition coefficient (Wildman–Crippen LogP) is -0.872. The summed E-state index contributed by atoms with van der Waals surface area (Å²) < 4.78 is 28.7. The molecule has 0 amide bonds. The van der Waals surface area contributed by atoms with E-state index in [4.69, 9.17) is 4.55 Å². The molecule has 1 atom stereocenters. The van der Waals surface area contributed by atoms with Gasteiger partial charge in [-0.25, -0.2) is 0 Å². The number of hydrogen-bond acceptors (Lipinski definition) is 4. The van der Waals surface area contributed by atoms with Crippen LogP contribution in [0.25, 0.3) is 0 Å². The van der Waals surface area contributed by atoms with E-state index < -0.39 is 14.7 Å². The summed E-state index contributed by atoms with van der Waals surface area (Å²) >= 11 is 0. The summed E-state index contributed by atoms with van der Waals surface area (Å²) in [5, 5.41) is 0. The summed E-state index contributed by atoms with van der Waals surface area (Å²) in [6.45, 7) is 3.49. The van der Waals surface area contributed by atoms with Crippen LogP contribution in [0.15, 0.2) is 0 Å². The molecule has 0 aliphatic carbocycles. The summed E-state index contributed by atoms with van der Waals surface area (Å²) in [5.41, 5.74) is 0. The third kappa shape index (κ3) is 8.22. The van der Waals surface area contributed by atoms with Crippen LogP contribution < -0.4 is 29.6 Å². The van der Waals surface area contributed by atoms with Gasteiger partial charge in [-0.15, -0.1) is 0 Å². The van der Waals surface area contributed by atoms with Gasteiger partial charge >= 0.3 is 29.6 Å². The van der Waals surface area contributed by atoms with Crippen LogP contribution in [0.1, 0.15) is 21.7 Å². The summed E-state index contributed by atoms with van der Waals surface area (Å²) in [6.07, 6.45) is 1.01. The van der Waals surface area contributed by atoms with Crippen molar-refractivity contribution < 1.29 is 44.0 Å². The molecule has 0 radical (unpaired) electrons. The molecule has 0 aliphatic heterocycles. The first kappa shape index (κ1) is 16.1. The van der Waals surface area contributed by atoms with Crippen molar-refractivity contribution >= 4 is 31.7 Å². The molecule has 0 aromatic rings. The second kappa shape index (κ2) is 7.96. The second-order valence-electron chi connectivity index (χ2n) is 2.00. The van der Waals surface area contributed by atoms with Crippen molar-refractivity contribution in [1.82, 2.24) is 0 Å². The third-order valence-corrected chi connectivity index (χ3v) is 5.89. The zero-order valence-corrected chi connectivity index (χ0v) is 11.9. The molecule has 12 heavy (non-hydrogen) atoms. The van der Waals surface area contributed by atoms with E-state index in [0.29, 0.717) is 0 Å². The second-order valence-corrected chi connectivity index (χ2v) is 6.86. The van der Waals surface area contributed by atoms with Crippen molar-refractivity contribution in [2.45, 2.75) is 24.9 Å². The van der Waals surface area contributed by atoms with Gasteiger partial charge in [0.2, 0.25) is 0 Å². The largest absolute Gasteiger partial charge is 1.00 e. The Hall–Kier alpha value is 1.61. The van der Waals surface area contributed by atoms with Gasteiger partial charge in [-0.05, 0) is 13.3 Å². The summed E-state index contributed by atoms with van der Waals surface area (Å²) in [4.78, 5) is 0. The van der Waals surface area contributed by atoms with Gasteiger partial charge in [0.05, 0.1) is 0 Å².